The maximum Gasteiger partial charge on any atom is 0.321 e. The maximum absolute atomic E-state index is 12.3. The van der Waals surface area contributed by atoms with Gasteiger partial charge in [-0.05, 0) is 44.9 Å². The van der Waals surface area contributed by atoms with E-state index < -0.39 is 0 Å². The van der Waals surface area contributed by atoms with Gasteiger partial charge < -0.3 is 5.32 Å². The maximum atomic E-state index is 12.3. The average molecular weight is 331 g/mol. The first-order valence-electron chi connectivity index (χ1n) is 8.83. The average Bonchev–Trinajstić information content (AvgIpc) is 2.57. The number of nitrogens with one attached hydrogen (secondary N) is 2. The molecule has 2 rings (SSSR count). The highest BCUT2D eigenvalue weighted by Crippen LogP contribution is 2.17. The summed E-state index contributed by atoms with van der Waals surface area (Å²) < 4.78 is 0. The molecule has 5 nitrogen and oxygen atoms in total. The molecule has 1 aromatic rings. The summed E-state index contributed by atoms with van der Waals surface area (Å²) in [6.07, 6.45) is 5.54. The van der Waals surface area contributed by atoms with Crippen LogP contribution >= 0.6 is 0 Å². The molecule has 1 atom stereocenters. The van der Waals surface area contributed by atoms with Gasteiger partial charge in [-0.25, -0.2) is 4.79 Å². The lowest BCUT2D eigenvalue weighted by Gasteiger charge is -2.26. The Balaban J connectivity index is 1.82. The Morgan fingerprint density at radius 2 is 1.88 bits per heavy atom. The minimum atomic E-state index is -0.373. The molecule has 0 radical (unpaired) electrons. The summed E-state index contributed by atoms with van der Waals surface area (Å²) in [6.45, 7) is 4.55. The standard InChI is InChI=1S/C19H29N3O2/c1-14-9-7-8-10-16(14)13-22(3)15(2)18(23)21-19(24)20-17-11-5-4-6-12-17/h7-10,15,17H,4-6,11-13H2,1-3H3,(H2,20,21,23,24)/t15-/m1/s1. The van der Waals surface area contributed by atoms with Crippen LogP contribution in [0.4, 0.5) is 4.79 Å². The number of urea groups is 1. The lowest BCUT2D eigenvalue weighted by atomic mass is 9.96. The van der Waals surface area contributed by atoms with Crippen molar-refractivity contribution in [2.24, 2.45) is 0 Å². The van der Waals surface area contributed by atoms with Crippen LogP contribution in [0.2, 0.25) is 0 Å². The van der Waals surface area contributed by atoms with Crippen LogP contribution in [0.1, 0.15) is 50.2 Å². The van der Waals surface area contributed by atoms with Crippen LogP contribution in [-0.4, -0.2) is 36.0 Å². The van der Waals surface area contributed by atoms with Gasteiger partial charge in [0.05, 0.1) is 6.04 Å². The van der Waals surface area contributed by atoms with E-state index in [0.29, 0.717) is 6.54 Å². The van der Waals surface area contributed by atoms with E-state index in [2.05, 4.69) is 29.7 Å². The minimum Gasteiger partial charge on any atom is -0.335 e. The number of imide groups is 1. The second-order valence-electron chi connectivity index (χ2n) is 6.82. The largest absolute Gasteiger partial charge is 0.335 e. The summed E-state index contributed by atoms with van der Waals surface area (Å²) in [4.78, 5) is 26.2. The van der Waals surface area contributed by atoms with Crippen LogP contribution in [0.3, 0.4) is 0 Å². The van der Waals surface area contributed by atoms with E-state index in [-0.39, 0.29) is 24.0 Å². The van der Waals surface area contributed by atoms with Gasteiger partial charge in [0.2, 0.25) is 5.91 Å². The molecule has 1 aliphatic carbocycles. The number of amides is 3. The van der Waals surface area contributed by atoms with Gasteiger partial charge in [-0.2, -0.15) is 0 Å². The number of rotatable bonds is 5. The zero-order chi connectivity index (χ0) is 17.5. The van der Waals surface area contributed by atoms with Crippen molar-refractivity contribution >= 4 is 11.9 Å². The van der Waals surface area contributed by atoms with Crippen LogP contribution in [0.15, 0.2) is 24.3 Å². The SMILES string of the molecule is Cc1ccccc1CN(C)[C@H](C)C(=O)NC(=O)NC1CCCCC1. The Bertz CT molecular complexity index is 567. The predicted octanol–water partition coefficient (Wildman–Crippen LogP) is 2.97. The molecule has 0 unspecified atom stereocenters. The van der Waals surface area contributed by atoms with Crippen molar-refractivity contribution in [3.8, 4) is 0 Å². The first kappa shape index (κ1) is 18.5. The van der Waals surface area contributed by atoms with Crippen molar-refractivity contribution in [1.82, 2.24) is 15.5 Å². The fraction of sp³-hybridized carbons (Fsp3) is 0.579. The molecule has 0 spiro atoms. The zero-order valence-electron chi connectivity index (χ0n) is 15.0. The third-order valence-electron chi connectivity index (χ3n) is 4.90. The van der Waals surface area contributed by atoms with Gasteiger partial charge in [-0.1, -0.05) is 43.5 Å². The molecule has 5 heteroatoms. The number of carbonyl (C=O) groups is 2. The summed E-state index contributed by atoms with van der Waals surface area (Å²) in [5.74, 6) is -0.264. The van der Waals surface area contributed by atoms with E-state index in [9.17, 15) is 9.59 Å². The van der Waals surface area contributed by atoms with Crippen molar-refractivity contribution < 1.29 is 9.59 Å². The van der Waals surface area contributed by atoms with Crippen molar-refractivity contribution in [3.63, 3.8) is 0 Å². The fourth-order valence-corrected chi connectivity index (χ4v) is 3.08. The van der Waals surface area contributed by atoms with E-state index in [1.54, 1.807) is 0 Å². The highest BCUT2D eigenvalue weighted by atomic mass is 16.2. The first-order chi connectivity index (χ1) is 11.5. The Morgan fingerprint density at radius 3 is 2.54 bits per heavy atom. The summed E-state index contributed by atoms with van der Waals surface area (Å²) >= 11 is 0. The van der Waals surface area contributed by atoms with Gasteiger partial charge in [-0.15, -0.1) is 0 Å². The number of likely N-dealkylation sites (N-methyl/N-ethyl adjacent to an activating group) is 1. The molecule has 24 heavy (non-hydrogen) atoms. The Hall–Kier alpha value is -1.88. The van der Waals surface area contributed by atoms with E-state index in [0.717, 1.165) is 25.7 Å². The van der Waals surface area contributed by atoms with Crippen molar-refractivity contribution in [2.45, 2.75) is 64.6 Å². The molecule has 0 heterocycles. The van der Waals surface area contributed by atoms with E-state index in [1.807, 2.05) is 31.0 Å². The van der Waals surface area contributed by atoms with Gasteiger partial charge in [-0.3, -0.25) is 15.0 Å². The zero-order valence-corrected chi connectivity index (χ0v) is 15.0. The highest BCUT2D eigenvalue weighted by molar-refractivity contribution is 5.96. The van der Waals surface area contributed by atoms with Crippen LogP contribution in [0.5, 0.6) is 0 Å². The molecular formula is C19H29N3O2. The molecule has 1 fully saturated rings. The number of carbonyl (C=O) groups excluding carboxylic acids is 2. The lowest BCUT2D eigenvalue weighted by molar-refractivity contribution is -0.124. The van der Waals surface area contributed by atoms with Crippen molar-refractivity contribution in [1.29, 1.82) is 0 Å². The van der Waals surface area contributed by atoms with Gasteiger partial charge in [0.1, 0.15) is 0 Å². The monoisotopic (exact) mass is 331 g/mol. The molecule has 1 saturated carbocycles. The van der Waals surface area contributed by atoms with Crippen LogP contribution in [-0.2, 0) is 11.3 Å². The van der Waals surface area contributed by atoms with Crippen molar-refractivity contribution in [2.75, 3.05) is 7.05 Å². The molecule has 0 aliphatic heterocycles. The molecule has 1 aliphatic rings. The second-order valence-corrected chi connectivity index (χ2v) is 6.82. The Kier molecular flexibility index (Phi) is 6.79. The minimum absolute atomic E-state index is 0.201. The summed E-state index contributed by atoms with van der Waals surface area (Å²) in [5, 5.41) is 5.39. The van der Waals surface area contributed by atoms with E-state index in [1.165, 1.54) is 17.5 Å². The van der Waals surface area contributed by atoms with Gasteiger partial charge in [0, 0.05) is 12.6 Å². The fourth-order valence-electron chi connectivity index (χ4n) is 3.08. The number of nitrogens with zero attached hydrogens (tertiary/aromatic N) is 1. The summed E-state index contributed by atoms with van der Waals surface area (Å²) in [6, 6.07) is 7.58. The van der Waals surface area contributed by atoms with Gasteiger partial charge in [0.15, 0.2) is 0 Å². The number of hydrogen-bond donors (Lipinski definition) is 2. The van der Waals surface area contributed by atoms with E-state index >= 15 is 0 Å². The number of hydrogen-bond acceptors (Lipinski definition) is 3. The van der Waals surface area contributed by atoms with Crippen molar-refractivity contribution in [3.05, 3.63) is 35.4 Å². The smallest absolute Gasteiger partial charge is 0.321 e. The third-order valence-corrected chi connectivity index (χ3v) is 4.90. The van der Waals surface area contributed by atoms with Gasteiger partial charge in [0.25, 0.3) is 0 Å². The summed E-state index contributed by atoms with van der Waals surface area (Å²) in [7, 11) is 1.90. The predicted molar refractivity (Wildman–Crippen MR) is 95.7 cm³/mol. The first-order valence-corrected chi connectivity index (χ1v) is 8.83. The molecule has 0 aromatic heterocycles. The highest BCUT2D eigenvalue weighted by Gasteiger charge is 2.22. The topological polar surface area (TPSA) is 61.4 Å². The van der Waals surface area contributed by atoms with Gasteiger partial charge >= 0.3 is 6.03 Å². The molecule has 3 amide bonds. The molecular weight excluding hydrogens is 302 g/mol. The summed E-state index contributed by atoms with van der Waals surface area (Å²) in [5.41, 5.74) is 2.39. The number of benzene rings is 1. The Morgan fingerprint density at radius 1 is 1.21 bits per heavy atom. The normalized spacial score (nSPS) is 16.7. The Labute approximate surface area is 144 Å². The van der Waals surface area contributed by atoms with Crippen LogP contribution < -0.4 is 10.6 Å². The third kappa shape index (κ3) is 5.34. The molecule has 2 N–H and O–H groups in total. The van der Waals surface area contributed by atoms with Crippen LogP contribution in [0, 0.1) is 6.92 Å². The molecule has 132 valence electrons. The number of aryl methyl sites for hydroxylation is 1. The second kappa shape index (κ2) is 8.83. The molecule has 0 bridgehead atoms. The van der Waals surface area contributed by atoms with Crippen LogP contribution in [0.25, 0.3) is 0 Å². The van der Waals surface area contributed by atoms with E-state index in [4.69, 9.17) is 0 Å². The quantitative estimate of drug-likeness (QED) is 0.872. The molecule has 0 saturated heterocycles. The molecule has 1 aromatic carbocycles. The lowest BCUT2D eigenvalue weighted by Crippen LogP contribution is -2.50.